The van der Waals surface area contributed by atoms with E-state index in [1.807, 2.05) is 0 Å². The van der Waals surface area contributed by atoms with E-state index in [1.54, 1.807) is 6.92 Å². The van der Waals surface area contributed by atoms with Crippen LogP contribution in [-0.2, 0) is 0 Å². The number of nitrogens with one attached hydrogen (secondary N) is 1. The van der Waals surface area contributed by atoms with Gasteiger partial charge in [0.05, 0.1) is 22.1 Å². The molecule has 104 valence electrons. The van der Waals surface area contributed by atoms with E-state index in [2.05, 4.69) is 37.2 Å². The fraction of sp³-hybridized carbons (Fsp3) is 0.364. The largest absolute Gasteiger partial charge is 0.345 e. The second-order valence-electron chi connectivity index (χ2n) is 4.20. The minimum Gasteiger partial charge on any atom is -0.345 e. The Labute approximate surface area is 126 Å². The highest BCUT2D eigenvalue weighted by atomic mass is 79.9. The first-order valence-electron chi connectivity index (χ1n) is 5.21. The van der Waals surface area contributed by atoms with E-state index in [9.17, 15) is 19.3 Å². The Morgan fingerprint density at radius 3 is 2.47 bits per heavy atom. The smallest absolute Gasteiger partial charge is 0.272 e. The van der Waals surface area contributed by atoms with Crippen molar-refractivity contribution in [2.75, 3.05) is 10.7 Å². The molecule has 8 heteroatoms. The van der Waals surface area contributed by atoms with Crippen LogP contribution in [0.15, 0.2) is 18.2 Å². The van der Waals surface area contributed by atoms with Gasteiger partial charge in [0.25, 0.3) is 11.6 Å². The summed E-state index contributed by atoms with van der Waals surface area (Å²) in [4.78, 5) is 21.7. The normalized spacial score (nSPS) is 11.2. The van der Waals surface area contributed by atoms with Crippen molar-refractivity contribution in [3.8, 4) is 0 Å². The highest BCUT2D eigenvalue weighted by molar-refractivity contribution is 9.09. The van der Waals surface area contributed by atoms with Crippen LogP contribution in [0.25, 0.3) is 0 Å². The first-order chi connectivity index (χ1) is 8.83. The SMILES string of the molecule is CC(CBr)(CBr)NC(=O)c1ccc([N+](=O)[O-])cc1F. The second kappa shape index (κ2) is 6.42. The molecule has 0 heterocycles. The fourth-order valence-corrected chi connectivity index (χ4v) is 2.45. The maximum absolute atomic E-state index is 13.7. The lowest BCUT2D eigenvalue weighted by molar-refractivity contribution is -0.385. The highest BCUT2D eigenvalue weighted by Crippen LogP contribution is 2.18. The number of hydrogen-bond donors (Lipinski definition) is 1. The average molecular weight is 398 g/mol. The molecule has 5 nitrogen and oxygen atoms in total. The zero-order valence-electron chi connectivity index (χ0n) is 9.95. The first kappa shape index (κ1) is 16.0. The molecule has 0 aliphatic carbocycles. The first-order valence-corrected chi connectivity index (χ1v) is 7.45. The molecule has 0 fully saturated rings. The van der Waals surface area contributed by atoms with E-state index in [0.717, 1.165) is 18.2 Å². The second-order valence-corrected chi connectivity index (χ2v) is 5.32. The summed E-state index contributed by atoms with van der Waals surface area (Å²) < 4.78 is 13.7. The molecule has 0 atom stereocenters. The summed E-state index contributed by atoms with van der Waals surface area (Å²) in [6, 6.07) is 2.93. The van der Waals surface area contributed by atoms with Crippen LogP contribution in [0.5, 0.6) is 0 Å². The Bertz CT molecular complexity index is 507. The van der Waals surface area contributed by atoms with E-state index in [4.69, 9.17) is 0 Å². The van der Waals surface area contributed by atoms with Gasteiger partial charge in [-0.2, -0.15) is 0 Å². The van der Waals surface area contributed by atoms with Crippen molar-refractivity contribution in [1.29, 1.82) is 0 Å². The van der Waals surface area contributed by atoms with Gasteiger partial charge in [-0.15, -0.1) is 0 Å². The Morgan fingerprint density at radius 2 is 2.05 bits per heavy atom. The van der Waals surface area contributed by atoms with Gasteiger partial charge in [-0.25, -0.2) is 4.39 Å². The monoisotopic (exact) mass is 396 g/mol. The number of alkyl halides is 2. The number of carbonyl (C=O) groups is 1. The molecular weight excluding hydrogens is 387 g/mol. The number of nitro benzene ring substituents is 1. The third-order valence-electron chi connectivity index (χ3n) is 2.41. The number of amides is 1. The van der Waals surface area contributed by atoms with Crippen LogP contribution in [0.2, 0.25) is 0 Å². The Morgan fingerprint density at radius 1 is 1.47 bits per heavy atom. The molecule has 1 aromatic carbocycles. The van der Waals surface area contributed by atoms with Crippen LogP contribution >= 0.6 is 31.9 Å². The molecule has 1 rings (SSSR count). The van der Waals surface area contributed by atoms with Crippen LogP contribution < -0.4 is 5.32 Å². The summed E-state index contributed by atoms with van der Waals surface area (Å²) >= 11 is 6.51. The van der Waals surface area contributed by atoms with E-state index in [-0.39, 0.29) is 5.56 Å². The fourth-order valence-electron chi connectivity index (χ4n) is 1.25. The summed E-state index contributed by atoms with van der Waals surface area (Å²) in [5, 5.41) is 14.1. The topological polar surface area (TPSA) is 72.2 Å². The molecule has 0 aliphatic rings. The number of carbonyl (C=O) groups excluding carboxylic acids is 1. The minimum atomic E-state index is -0.918. The van der Waals surface area contributed by atoms with Gasteiger partial charge in [0, 0.05) is 16.7 Å². The van der Waals surface area contributed by atoms with Gasteiger partial charge in [0.1, 0.15) is 5.82 Å². The number of nitro groups is 1. The lowest BCUT2D eigenvalue weighted by Gasteiger charge is -2.26. The van der Waals surface area contributed by atoms with Crippen molar-refractivity contribution in [2.45, 2.75) is 12.5 Å². The quantitative estimate of drug-likeness (QED) is 0.471. The third kappa shape index (κ3) is 3.97. The van der Waals surface area contributed by atoms with Crippen molar-refractivity contribution >= 4 is 43.5 Å². The zero-order valence-corrected chi connectivity index (χ0v) is 13.1. The van der Waals surface area contributed by atoms with Gasteiger partial charge in [-0.3, -0.25) is 14.9 Å². The minimum absolute atomic E-state index is 0.223. The molecule has 1 aromatic rings. The molecule has 0 spiro atoms. The van der Waals surface area contributed by atoms with Gasteiger partial charge in [0.2, 0.25) is 0 Å². The molecule has 19 heavy (non-hydrogen) atoms. The third-order valence-corrected chi connectivity index (χ3v) is 4.89. The van der Waals surface area contributed by atoms with E-state index < -0.39 is 27.9 Å². The summed E-state index contributed by atoms with van der Waals surface area (Å²) in [6.45, 7) is 1.78. The molecule has 0 radical (unpaired) electrons. The zero-order chi connectivity index (χ0) is 14.6. The van der Waals surface area contributed by atoms with Gasteiger partial charge in [-0.1, -0.05) is 31.9 Å². The maximum atomic E-state index is 13.7. The number of hydrogen-bond acceptors (Lipinski definition) is 3. The van der Waals surface area contributed by atoms with E-state index in [1.165, 1.54) is 0 Å². The van der Waals surface area contributed by atoms with Gasteiger partial charge in [-0.05, 0) is 13.0 Å². The molecule has 0 aromatic heterocycles. The molecule has 1 amide bonds. The Hall–Kier alpha value is -1.02. The van der Waals surface area contributed by atoms with Crippen molar-refractivity contribution in [2.24, 2.45) is 0 Å². The van der Waals surface area contributed by atoms with Crippen molar-refractivity contribution < 1.29 is 14.1 Å². The van der Waals surface area contributed by atoms with Gasteiger partial charge < -0.3 is 5.32 Å². The molecule has 0 unspecified atom stereocenters. The molecule has 0 saturated carbocycles. The molecular formula is C11H11Br2FN2O3. The molecule has 0 aliphatic heterocycles. The van der Waals surface area contributed by atoms with Crippen LogP contribution in [0, 0.1) is 15.9 Å². The van der Waals surface area contributed by atoms with Crippen LogP contribution in [0.1, 0.15) is 17.3 Å². The number of halogens is 3. The summed E-state index contributed by atoms with van der Waals surface area (Å²) in [6.07, 6.45) is 0. The molecule has 0 bridgehead atoms. The van der Waals surface area contributed by atoms with Crippen molar-refractivity contribution in [3.05, 3.63) is 39.7 Å². The standard InChI is InChI=1S/C11H11Br2FN2O3/c1-11(5-12,6-13)15-10(17)8-3-2-7(16(18)19)4-9(8)14/h2-4H,5-6H2,1H3,(H,15,17). The van der Waals surface area contributed by atoms with Crippen LogP contribution in [0.3, 0.4) is 0 Å². The van der Waals surface area contributed by atoms with Crippen LogP contribution in [-0.4, -0.2) is 27.0 Å². The number of benzene rings is 1. The number of rotatable bonds is 5. The van der Waals surface area contributed by atoms with Gasteiger partial charge in [0.15, 0.2) is 0 Å². The maximum Gasteiger partial charge on any atom is 0.272 e. The van der Waals surface area contributed by atoms with Crippen molar-refractivity contribution in [3.63, 3.8) is 0 Å². The summed E-state index contributed by atoms with van der Waals surface area (Å²) in [5.74, 6) is -1.54. The number of non-ortho nitro benzene ring substituents is 1. The Balaban J connectivity index is 2.98. The molecule has 1 N–H and O–H groups in total. The van der Waals surface area contributed by atoms with Crippen LogP contribution in [0.4, 0.5) is 10.1 Å². The van der Waals surface area contributed by atoms with Gasteiger partial charge >= 0.3 is 0 Å². The van der Waals surface area contributed by atoms with E-state index in [0.29, 0.717) is 10.7 Å². The summed E-state index contributed by atoms with van der Waals surface area (Å²) in [5.41, 5.74) is -1.19. The highest BCUT2D eigenvalue weighted by Gasteiger charge is 2.26. The average Bonchev–Trinajstić information content (AvgIpc) is 2.38. The lowest BCUT2D eigenvalue weighted by atomic mass is 10.1. The molecule has 0 saturated heterocycles. The summed E-state index contributed by atoms with van der Waals surface area (Å²) in [7, 11) is 0. The Kier molecular flexibility index (Phi) is 5.42. The van der Waals surface area contributed by atoms with E-state index >= 15 is 0 Å². The van der Waals surface area contributed by atoms with Crippen molar-refractivity contribution in [1.82, 2.24) is 5.32 Å². The lowest BCUT2D eigenvalue weighted by Crippen LogP contribution is -2.49. The predicted octanol–water partition coefficient (Wildman–Crippen LogP) is 3.01. The number of nitrogens with zero attached hydrogens (tertiary/aromatic N) is 1. The predicted molar refractivity (Wildman–Crippen MR) is 76.5 cm³/mol.